The van der Waals surface area contributed by atoms with Gasteiger partial charge in [-0.2, -0.15) is 9.67 Å². The minimum Gasteiger partial charge on any atom is -0.497 e. The molecule has 0 saturated carbocycles. The summed E-state index contributed by atoms with van der Waals surface area (Å²) in [6.45, 7) is 2.76. The zero-order valence-corrected chi connectivity index (χ0v) is 16.2. The van der Waals surface area contributed by atoms with Crippen molar-refractivity contribution in [3.63, 3.8) is 0 Å². The lowest BCUT2D eigenvalue weighted by Gasteiger charge is -2.06. The quantitative estimate of drug-likeness (QED) is 0.558. The molecule has 28 heavy (non-hydrogen) atoms. The summed E-state index contributed by atoms with van der Waals surface area (Å²) in [7, 11) is 3.18. The van der Waals surface area contributed by atoms with Crippen molar-refractivity contribution in [1.29, 1.82) is 0 Å². The van der Waals surface area contributed by atoms with E-state index in [0.29, 0.717) is 30.4 Å². The lowest BCUT2D eigenvalue weighted by atomic mass is 10.1. The van der Waals surface area contributed by atoms with E-state index < -0.39 is 0 Å². The van der Waals surface area contributed by atoms with E-state index in [1.165, 1.54) is 4.68 Å². The molecule has 0 bridgehead atoms. The Morgan fingerprint density at radius 3 is 2.32 bits per heavy atom. The molecule has 0 spiro atoms. The summed E-state index contributed by atoms with van der Waals surface area (Å²) < 4.78 is 17.0. The predicted octanol–water partition coefficient (Wildman–Crippen LogP) is 3.23. The normalized spacial score (nSPS) is 10.7. The highest BCUT2D eigenvalue weighted by molar-refractivity contribution is 5.97. The summed E-state index contributed by atoms with van der Waals surface area (Å²) >= 11 is 0. The monoisotopic (exact) mass is 381 g/mol. The van der Waals surface area contributed by atoms with Crippen LogP contribution in [-0.4, -0.2) is 48.1 Å². The number of hydrogen-bond donors (Lipinski definition) is 0. The Labute approximate surface area is 163 Å². The Morgan fingerprint density at radius 1 is 1.00 bits per heavy atom. The second kappa shape index (κ2) is 9.14. The van der Waals surface area contributed by atoms with E-state index in [4.69, 9.17) is 14.2 Å². The predicted molar refractivity (Wildman–Crippen MR) is 105 cm³/mol. The van der Waals surface area contributed by atoms with Gasteiger partial charge >= 0.3 is 6.01 Å². The van der Waals surface area contributed by atoms with Crippen LogP contribution in [0.15, 0.2) is 48.5 Å². The molecule has 146 valence electrons. The zero-order chi connectivity index (χ0) is 19.9. The van der Waals surface area contributed by atoms with Gasteiger partial charge in [-0.1, -0.05) is 19.1 Å². The molecular formula is C21H23N3O4. The number of methoxy groups -OCH3 is 2. The molecule has 0 fully saturated rings. The van der Waals surface area contributed by atoms with Gasteiger partial charge in [-0.05, 0) is 48.4 Å². The summed E-state index contributed by atoms with van der Waals surface area (Å²) in [6.07, 6.45) is 0.909. The molecule has 0 saturated heterocycles. The molecule has 3 rings (SSSR count). The maximum Gasteiger partial charge on any atom is 0.336 e. The number of aryl methyl sites for hydroxylation is 1. The van der Waals surface area contributed by atoms with Crippen molar-refractivity contribution >= 4 is 5.91 Å². The Balaban J connectivity index is 1.97. The van der Waals surface area contributed by atoms with Crippen molar-refractivity contribution < 1.29 is 19.0 Å². The molecule has 3 aromatic rings. The van der Waals surface area contributed by atoms with E-state index in [9.17, 15) is 4.79 Å². The second-order valence-electron chi connectivity index (χ2n) is 6.06. The van der Waals surface area contributed by atoms with Gasteiger partial charge in [0, 0.05) is 18.2 Å². The number of carbonyl (C=O) groups excluding carboxylic acids is 1. The summed E-state index contributed by atoms with van der Waals surface area (Å²) in [5, 5.41) is 4.27. The van der Waals surface area contributed by atoms with Crippen LogP contribution in [0.25, 0.3) is 11.4 Å². The van der Waals surface area contributed by atoms with Crippen LogP contribution in [0.3, 0.4) is 0 Å². The van der Waals surface area contributed by atoms with Gasteiger partial charge < -0.3 is 14.2 Å². The summed E-state index contributed by atoms with van der Waals surface area (Å²) in [5.74, 6) is 0.843. The number of rotatable bonds is 8. The van der Waals surface area contributed by atoms with Crippen molar-refractivity contribution in [2.45, 2.75) is 13.3 Å². The van der Waals surface area contributed by atoms with Crippen molar-refractivity contribution in [2.24, 2.45) is 0 Å². The molecule has 0 amide bonds. The molecule has 2 aromatic carbocycles. The molecular weight excluding hydrogens is 358 g/mol. The highest BCUT2D eigenvalue weighted by Crippen LogP contribution is 2.24. The Morgan fingerprint density at radius 2 is 1.71 bits per heavy atom. The third-order valence-electron chi connectivity index (χ3n) is 4.26. The van der Waals surface area contributed by atoms with Gasteiger partial charge in [0.2, 0.25) is 0 Å². The van der Waals surface area contributed by atoms with Gasteiger partial charge in [0.1, 0.15) is 12.4 Å². The number of ether oxygens (including phenoxy) is 3. The molecule has 0 N–H and O–H groups in total. The zero-order valence-electron chi connectivity index (χ0n) is 16.2. The minimum absolute atomic E-state index is 0.126. The average Bonchev–Trinajstić information content (AvgIpc) is 3.17. The second-order valence-corrected chi connectivity index (χ2v) is 6.06. The fourth-order valence-electron chi connectivity index (χ4n) is 2.64. The molecule has 0 atom stereocenters. The number of hydrogen-bond acceptors (Lipinski definition) is 6. The van der Waals surface area contributed by atoms with Crippen LogP contribution >= 0.6 is 0 Å². The van der Waals surface area contributed by atoms with Gasteiger partial charge in [0.05, 0.1) is 13.7 Å². The molecule has 0 unspecified atom stereocenters. The lowest BCUT2D eigenvalue weighted by Crippen LogP contribution is -2.15. The first-order chi connectivity index (χ1) is 13.7. The van der Waals surface area contributed by atoms with Gasteiger partial charge in [0.15, 0.2) is 5.82 Å². The first-order valence-electron chi connectivity index (χ1n) is 9.03. The van der Waals surface area contributed by atoms with E-state index in [2.05, 4.69) is 17.0 Å². The number of nitrogens with zero attached hydrogens (tertiary/aromatic N) is 3. The molecule has 1 heterocycles. The van der Waals surface area contributed by atoms with Gasteiger partial charge in [-0.3, -0.25) is 4.79 Å². The highest BCUT2D eigenvalue weighted by atomic mass is 16.5. The molecule has 0 aliphatic heterocycles. The molecule has 1 aromatic heterocycles. The minimum atomic E-state index is -0.275. The fourth-order valence-corrected chi connectivity index (χ4v) is 2.64. The maximum atomic E-state index is 13.1. The SMILES string of the molecule is CCc1ccc(C(=O)n2nc(OCCOC)nc2-c2ccc(OC)cc2)cc1. The molecule has 0 radical (unpaired) electrons. The molecule has 7 nitrogen and oxygen atoms in total. The van der Waals surface area contributed by atoms with E-state index >= 15 is 0 Å². The maximum absolute atomic E-state index is 13.1. The third kappa shape index (κ3) is 4.37. The summed E-state index contributed by atoms with van der Waals surface area (Å²) in [6, 6.07) is 14.9. The Hall–Kier alpha value is -3.19. The van der Waals surface area contributed by atoms with Crippen LogP contribution in [0.1, 0.15) is 22.8 Å². The van der Waals surface area contributed by atoms with Crippen molar-refractivity contribution in [1.82, 2.24) is 14.8 Å². The smallest absolute Gasteiger partial charge is 0.336 e. The van der Waals surface area contributed by atoms with Crippen LogP contribution in [-0.2, 0) is 11.2 Å². The van der Waals surface area contributed by atoms with Crippen LogP contribution in [0.5, 0.6) is 11.8 Å². The molecule has 0 aliphatic carbocycles. The Bertz CT molecular complexity index is 918. The van der Waals surface area contributed by atoms with Crippen LogP contribution in [0, 0.1) is 0 Å². The largest absolute Gasteiger partial charge is 0.497 e. The van der Waals surface area contributed by atoms with E-state index in [1.807, 2.05) is 24.3 Å². The van der Waals surface area contributed by atoms with Crippen LogP contribution in [0.2, 0.25) is 0 Å². The molecule has 7 heteroatoms. The summed E-state index contributed by atoms with van der Waals surface area (Å²) in [4.78, 5) is 17.5. The first-order valence-corrected chi connectivity index (χ1v) is 9.03. The van der Waals surface area contributed by atoms with E-state index in [0.717, 1.165) is 17.5 Å². The topological polar surface area (TPSA) is 75.5 Å². The van der Waals surface area contributed by atoms with Crippen molar-refractivity contribution in [2.75, 3.05) is 27.4 Å². The number of benzene rings is 2. The van der Waals surface area contributed by atoms with Crippen LogP contribution in [0.4, 0.5) is 0 Å². The summed E-state index contributed by atoms with van der Waals surface area (Å²) in [5.41, 5.74) is 2.42. The van der Waals surface area contributed by atoms with E-state index in [-0.39, 0.29) is 11.9 Å². The van der Waals surface area contributed by atoms with Crippen LogP contribution < -0.4 is 9.47 Å². The number of aromatic nitrogens is 3. The van der Waals surface area contributed by atoms with Crippen molar-refractivity contribution in [3.05, 3.63) is 59.7 Å². The Kier molecular flexibility index (Phi) is 6.39. The van der Waals surface area contributed by atoms with Gasteiger partial charge in [0.25, 0.3) is 5.91 Å². The third-order valence-corrected chi connectivity index (χ3v) is 4.26. The fraction of sp³-hybridized carbons (Fsp3) is 0.286. The highest BCUT2D eigenvalue weighted by Gasteiger charge is 2.20. The number of carbonyl (C=O) groups is 1. The molecule has 0 aliphatic rings. The van der Waals surface area contributed by atoms with Gasteiger partial charge in [-0.25, -0.2) is 0 Å². The van der Waals surface area contributed by atoms with Gasteiger partial charge in [-0.15, -0.1) is 5.10 Å². The lowest BCUT2D eigenvalue weighted by molar-refractivity contribution is 0.0943. The standard InChI is InChI=1S/C21H23N3O4/c1-4-15-5-7-17(8-6-15)20(25)24-19(16-9-11-18(27-3)12-10-16)22-21(23-24)28-14-13-26-2/h5-12H,4,13-14H2,1-3H3. The first kappa shape index (κ1) is 19.6. The van der Waals surface area contributed by atoms with E-state index in [1.54, 1.807) is 38.5 Å². The average molecular weight is 381 g/mol. The van der Waals surface area contributed by atoms with Crippen molar-refractivity contribution in [3.8, 4) is 23.1 Å².